The first kappa shape index (κ1) is 3.71. The van der Waals surface area contributed by atoms with E-state index in [2.05, 4.69) is 12.2 Å². The summed E-state index contributed by atoms with van der Waals surface area (Å²) in [5, 5.41) is 0. The zero-order valence-corrected chi connectivity index (χ0v) is 4.35. The van der Waals surface area contributed by atoms with Crippen molar-refractivity contribution in [2.75, 3.05) is 0 Å². The molecule has 2 rings (SSSR count). The van der Waals surface area contributed by atoms with Crippen LogP contribution >= 0.6 is 0 Å². The van der Waals surface area contributed by atoms with Crippen molar-refractivity contribution in [3.8, 4) is 0 Å². The van der Waals surface area contributed by atoms with Gasteiger partial charge in [0.15, 0.2) is 0 Å². The molecule has 1 radical (unpaired) electrons. The Morgan fingerprint density at radius 1 is 1.43 bits per heavy atom. The molecule has 1 unspecified atom stereocenters. The van der Waals surface area contributed by atoms with E-state index in [-0.39, 0.29) is 0 Å². The van der Waals surface area contributed by atoms with Crippen LogP contribution in [0.25, 0.3) is 0 Å². The van der Waals surface area contributed by atoms with Gasteiger partial charge in [-0.15, -0.1) is 0 Å². The summed E-state index contributed by atoms with van der Waals surface area (Å²) in [6, 6.07) is 0. The van der Waals surface area contributed by atoms with Crippen LogP contribution in [0.1, 0.15) is 19.3 Å². The van der Waals surface area contributed by atoms with Gasteiger partial charge in [0.2, 0.25) is 0 Å². The highest BCUT2D eigenvalue weighted by Gasteiger charge is 2.36. The Balaban J connectivity index is 2.10. The zero-order valence-electron chi connectivity index (χ0n) is 4.35. The average molecular weight is 93.1 g/mol. The lowest BCUT2D eigenvalue weighted by molar-refractivity contribution is 0.831. The fourth-order valence-electron chi connectivity index (χ4n) is 1.25. The number of hydrogen-bond donors (Lipinski definition) is 0. The van der Waals surface area contributed by atoms with E-state index in [1.54, 1.807) is 5.92 Å². The highest BCUT2D eigenvalue weighted by Crippen LogP contribution is 2.48. The Morgan fingerprint density at radius 3 is 3.00 bits per heavy atom. The van der Waals surface area contributed by atoms with Crippen molar-refractivity contribution in [2.45, 2.75) is 19.3 Å². The summed E-state index contributed by atoms with van der Waals surface area (Å²) >= 11 is 0. The highest BCUT2D eigenvalue weighted by molar-refractivity contribution is 5.22. The van der Waals surface area contributed by atoms with E-state index in [0.29, 0.717) is 0 Å². The fraction of sp³-hybridized carbons (Fsp3) is 0.571. The predicted molar refractivity (Wildman–Crippen MR) is 29.7 cm³/mol. The first-order valence-electron chi connectivity index (χ1n) is 2.96. The van der Waals surface area contributed by atoms with Crippen molar-refractivity contribution in [2.24, 2.45) is 5.92 Å². The third kappa shape index (κ3) is 0.495. The number of allylic oxidation sites excluding steroid dienone is 2. The summed E-state index contributed by atoms with van der Waals surface area (Å²) in [5.74, 6) is 2.83. The minimum absolute atomic E-state index is 1.03. The summed E-state index contributed by atoms with van der Waals surface area (Å²) < 4.78 is 0. The molecule has 0 aromatic heterocycles. The molecule has 0 aromatic carbocycles. The maximum absolute atomic E-state index is 2.31. The normalized spacial score (nSPS) is 38.0. The lowest BCUT2D eigenvalue weighted by Crippen LogP contribution is -1.82. The molecular formula is C7H9. The van der Waals surface area contributed by atoms with Crippen molar-refractivity contribution in [1.29, 1.82) is 0 Å². The molecular weight excluding hydrogens is 84.1 g/mol. The van der Waals surface area contributed by atoms with Gasteiger partial charge in [0.1, 0.15) is 0 Å². The average Bonchev–Trinajstić information content (AvgIpc) is 2.41. The lowest BCUT2D eigenvalue weighted by Gasteiger charge is -1.96. The van der Waals surface area contributed by atoms with Crippen LogP contribution in [0.4, 0.5) is 0 Å². The molecule has 0 N–H and O–H groups in total. The Bertz CT molecular complexity index is 90.6. The summed E-state index contributed by atoms with van der Waals surface area (Å²) in [4.78, 5) is 0. The van der Waals surface area contributed by atoms with Crippen LogP contribution in [0.15, 0.2) is 12.2 Å². The molecule has 0 bridgehead atoms. The molecule has 1 saturated carbocycles. The summed E-state index contributed by atoms with van der Waals surface area (Å²) in [6.45, 7) is 0. The maximum atomic E-state index is 2.31. The summed E-state index contributed by atoms with van der Waals surface area (Å²) in [7, 11) is 0. The Hall–Kier alpha value is -0.260. The van der Waals surface area contributed by atoms with Crippen LogP contribution in [0.5, 0.6) is 0 Å². The van der Waals surface area contributed by atoms with Gasteiger partial charge in [0.25, 0.3) is 0 Å². The standard InChI is InChI=1S/C7H9/c1-2-4-7-5-6(7)3-1/h1-2,6H,3-5H2. The van der Waals surface area contributed by atoms with Crippen LogP contribution < -0.4 is 0 Å². The fourth-order valence-corrected chi connectivity index (χ4v) is 1.25. The Labute approximate surface area is 44.2 Å². The molecule has 0 aromatic rings. The molecule has 37 valence electrons. The minimum atomic E-state index is 1.03. The van der Waals surface area contributed by atoms with E-state index >= 15 is 0 Å². The Morgan fingerprint density at radius 2 is 2.43 bits per heavy atom. The van der Waals surface area contributed by atoms with Crippen molar-refractivity contribution >= 4 is 0 Å². The van der Waals surface area contributed by atoms with Gasteiger partial charge >= 0.3 is 0 Å². The minimum Gasteiger partial charge on any atom is -0.0882 e. The molecule has 0 spiro atoms. The van der Waals surface area contributed by atoms with Gasteiger partial charge in [0, 0.05) is 0 Å². The van der Waals surface area contributed by atoms with E-state index in [1.807, 2.05) is 0 Å². The highest BCUT2D eigenvalue weighted by atomic mass is 14.4. The largest absolute Gasteiger partial charge is 0.0882 e. The second-order valence-corrected chi connectivity index (χ2v) is 2.47. The number of rotatable bonds is 0. The second-order valence-electron chi connectivity index (χ2n) is 2.47. The van der Waals surface area contributed by atoms with Crippen molar-refractivity contribution in [3.63, 3.8) is 0 Å². The first-order valence-corrected chi connectivity index (χ1v) is 2.96. The van der Waals surface area contributed by atoms with E-state index < -0.39 is 0 Å². The third-order valence-electron chi connectivity index (χ3n) is 1.89. The molecule has 0 aliphatic heterocycles. The molecule has 1 fully saturated rings. The van der Waals surface area contributed by atoms with Gasteiger partial charge in [0.05, 0.1) is 0 Å². The molecule has 1 atom stereocenters. The van der Waals surface area contributed by atoms with Crippen LogP contribution in [0.3, 0.4) is 0 Å². The van der Waals surface area contributed by atoms with E-state index in [4.69, 9.17) is 0 Å². The van der Waals surface area contributed by atoms with Crippen LogP contribution in [0, 0.1) is 11.8 Å². The van der Waals surface area contributed by atoms with Gasteiger partial charge in [-0.05, 0) is 31.1 Å². The van der Waals surface area contributed by atoms with Gasteiger partial charge in [-0.2, -0.15) is 0 Å². The molecule has 0 nitrogen and oxygen atoms in total. The van der Waals surface area contributed by atoms with E-state index in [9.17, 15) is 0 Å². The number of fused-ring (bicyclic) bond motifs is 1. The molecule has 0 amide bonds. The molecule has 2 aliphatic rings. The Kier molecular flexibility index (Phi) is 0.592. The van der Waals surface area contributed by atoms with Crippen molar-refractivity contribution < 1.29 is 0 Å². The molecule has 0 heterocycles. The predicted octanol–water partition coefficient (Wildman–Crippen LogP) is 1.93. The molecule has 7 heavy (non-hydrogen) atoms. The van der Waals surface area contributed by atoms with E-state index in [0.717, 1.165) is 5.92 Å². The van der Waals surface area contributed by atoms with Crippen molar-refractivity contribution in [1.82, 2.24) is 0 Å². The van der Waals surface area contributed by atoms with Gasteiger partial charge < -0.3 is 0 Å². The van der Waals surface area contributed by atoms with Gasteiger partial charge in [-0.3, -0.25) is 0 Å². The zero-order chi connectivity index (χ0) is 4.69. The second kappa shape index (κ2) is 1.12. The third-order valence-corrected chi connectivity index (χ3v) is 1.89. The smallest absolute Gasteiger partial charge is 0.0166 e. The quantitative estimate of drug-likeness (QED) is 0.401. The monoisotopic (exact) mass is 93.1 g/mol. The van der Waals surface area contributed by atoms with Crippen LogP contribution in [-0.2, 0) is 0 Å². The first-order chi connectivity index (χ1) is 3.47. The summed E-state index contributed by atoms with van der Waals surface area (Å²) in [6.07, 6.45) is 8.67. The SMILES string of the molecule is C1=CCC2C[C]2C1. The topological polar surface area (TPSA) is 0 Å². The molecule has 0 saturated heterocycles. The van der Waals surface area contributed by atoms with Crippen LogP contribution in [-0.4, -0.2) is 0 Å². The summed E-state index contributed by atoms with van der Waals surface area (Å²) in [5.41, 5.74) is 0. The van der Waals surface area contributed by atoms with E-state index in [1.165, 1.54) is 19.3 Å². The maximum Gasteiger partial charge on any atom is -0.0166 e. The van der Waals surface area contributed by atoms with Crippen LogP contribution in [0.2, 0.25) is 0 Å². The van der Waals surface area contributed by atoms with Gasteiger partial charge in [-0.1, -0.05) is 12.2 Å². The van der Waals surface area contributed by atoms with Crippen molar-refractivity contribution in [3.05, 3.63) is 18.1 Å². The molecule has 0 heteroatoms. The number of hydrogen-bond acceptors (Lipinski definition) is 0. The van der Waals surface area contributed by atoms with Gasteiger partial charge in [-0.25, -0.2) is 0 Å². The molecule has 2 aliphatic carbocycles. The lowest BCUT2D eigenvalue weighted by atomic mass is 10.1.